The average molecular weight is 1950 g/mol. The van der Waals surface area contributed by atoms with Gasteiger partial charge in [-0.3, -0.25) is 0 Å². The summed E-state index contributed by atoms with van der Waals surface area (Å²) in [5.41, 5.74) is 29.8. The fourth-order valence-corrected chi connectivity index (χ4v) is 20.2. The molecule has 0 spiro atoms. The number of fused-ring (bicyclic) bond motifs is 12. The number of hydrogen-bond acceptors (Lipinski definition) is 12. The number of ether oxygens (including phenoxy) is 4. The molecule has 0 amide bonds. The number of benzene rings is 20. The quantitative estimate of drug-likeness (QED) is 0.0427. The van der Waals surface area contributed by atoms with Crippen LogP contribution in [0.2, 0.25) is 0 Å². The van der Waals surface area contributed by atoms with Crippen LogP contribution in [-0.2, 0) is 58.0 Å². The molecule has 148 heavy (non-hydrogen) atoms. The van der Waals surface area contributed by atoms with Gasteiger partial charge >= 0.3 is 6.16 Å². The lowest BCUT2D eigenvalue weighted by atomic mass is 9.67. The second kappa shape index (κ2) is 49.6. The molecule has 24 rings (SSSR count). The minimum Gasteiger partial charge on any atom is -0.508 e. The molecule has 12 nitrogen and oxygen atoms in total. The van der Waals surface area contributed by atoms with Crippen molar-refractivity contribution in [2.75, 3.05) is 39.6 Å². The number of aliphatic hydroxyl groups excluding tert-OH is 3. The zero-order chi connectivity index (χ0) is 103. The van der Waals surface area contributed by atoms with E-state index in [1.165, 1.54) is 100 Å². The third-order valence-corrected chi connectivity index (χ3v) is 27.6. The van der Waals surface area contributed by atoms with Crippen LogP contribution >= 0.6 is 0 Å². The normalized spacial score (nSPS) is 14.5. The molecule has 1 saturated heterocycles. The molecule has 3 aliphatic carbocycles. The van der Waals surface area contributed by atoms with Crippen molar-refractivity contribution in [3.8, 4) is 67.9 Å². The van der Waals surface area contributed by atoms with Gasteiger partial charge in [0.1, 0.15) is 60.9 Å². The number of rotatable bonds is 17. The summed E-state index contributed by atoms with van der Waals surface area (Å²) in [4.78, 5) is 9.80. The van der Waals surface area contributed by atoms with Crippen molar-refractivity contribution in [1.82, 2.24) is 0 Å². The van der Waals surface area contributed by atoms with Crippen molar-refractivity contribution in [2.24, 2.45) is 0 Å². The predicted octanol–water partition coefficient (Wildman–Crippen LogP) is 30.4. The first-order chi connectivity index (χ1) is 72.3. The number of hydrogen-bond donors (Lipinski definition) is 7. The Labute approximate surface area is 869 Å². The Bertz CT molecular complexity index is 7330. The van der Waals surface area contributed by atoms with Gasteiger partial charge in [-0.05, 0) is 298 Å². The highest BCUT2D eigenvalue weighted by molar-refractivity contribution is 5.95. The van der Waals surface area contributed by atoms with Crippen LogP contribution in [0.25, 0.3) is 65.7 Å². The van der Waals surface area contributed by atoms with E-state index >= 15 is 0 Å². The Kier molecular flexibility index (Phi) is 34.9. The molecule has 742 valence electrons. The number of carbonyl (C=O) groups is 1. The minimum atomic E-state index is -0.546. The van der Waals surface area contributed by atoms with Crippen LogP contribution in [0, 0.1) is 20.8 Å². The third kappa shape index (κ3) is 23.5. The van der Waals surface area contributed by atoms with E-state index in [2.05, 4.69) is 386 Å². The smallest absolute Gasteiger partial charge is 0.508 e. The highest BCUT2D eigenvalue weighted by atomic mass is 16.8. The van der Waals surface area contributed by atoms with E-state index in [0.717, 1.165) is 114 Å². The van der Waals surface area contributed by atoms with Gasteiger partial charge in [0.25, 0.3) is 0 Å². The predicted molar refractivity (Wildman–Crippen MR) is 603 cm³/mol. The summed E-state index contributed by atoms with van der Waals surface area (Å²) in [5.74, 6) is 2.58. The first kappa shape index (κ1) is 104. The number of phenolic OH excluding ortho intramolecular Hbond substituents is 4. The molecule has 20 aromatic carbocycles. The van der Waals surface area contributed by atoms with E-state index in [9.17, 15) is 30.3 Å². The van der Waals surface area contributed by atoms with Crippen LogP contribution in [0.5, 0.6) is 34.5 Å². The summed E-state index contributed by atoms with van der Waals surface area (Å²) < 4.78 is 20.0. The molecule has 7 N–H and O–H groups in total. The molecule has 1 aliphatic heterocycles. The number of phenols is 4. The maximum absolute atomic E-state index is 10.3. The van der Waals surface area contributed by atoms with Crippen LogP contribution in [0.3, 0.4) is 0 Å². The van der Waals surface area contributed by atoms with Crippen LogP contribution in [0.15, 0.2) is 461 Å². The van der Waals surface area contributed by atoms with E-state index < -0.39 is 22.4 Å². The maximum atomic E-state index is 10.3. The molecule has 1 heterocycles. The molecule has 4 aliphatic rings. The molecule has 0 bridgehead atoms. The molecule has 0 aromatic heterocycles. The first-order valence-corrected chi connectivity index (χ1v) is 50.8. The van der Waals surface area contributed by atoms with Gasteiger partial charge in [-0.2, -0.15) is 0 Å². The summed E-state index contributed by atoms with van der Waals surface area (Å²) >= 11 is 0. The molecule has 12 heteroatoms. The molecular weight excluding hydrogens is 1830 g/mol. The summed E-state index contributed by atoms with van der Waals surface area (Å²) in [6, 6.07) is 158. The molecule has 1 fully saturated rings. The molecule has 3 unspecified atom stereocenters. The number of aryl methyl sites for hydroxylation is 7. The topological polar surface area (TPSA) is 196 Å². The van der Waals surface area contributed by atoms with Gasteiger partial charge in [0, 0.05) is 0 Å². The standard InChI is InChI=1S/C34H30O4.2C30H22O2.4C8H10.C7H8O.C3H4O3/c1-23-6-10-26(11-7-23)34(27-12-8-25-21-28(37-18-16-35)13-9-24(25)20-27)32-5-3-2-4-30(32)31-22-29(38-19-17-36)14-15-33(31)34;2*1-19-6-10-22(11-7-19)30(23-12-8-21-17-24(31)13-9-20(21)16-23)28-5-3-2-4-26(28)27-18-25(32)14-15-29(27)30;4*1-2-8-6-4-3-5-7-8;8-6-7-4-2-1-3-5-7;4-3-5-1-2-6-3/h2-15,20-22,35-36H,16-19H2,1H3;2*2-18,31-32H,1H3;4*3-7H,2H2,1H3;1-5,8H,6H2;1-2H2. The first-order valence-electron chi connectivity index (χ1n) is 50.8. The van der Waals surface area contributed by atoms with Gasteiger partial charge in [0.15, 0.2) is 0 Å². The highest BCUT2D eigenvalue weighted by Crippen LogP contribution is 2.61. The van der Waals surface area contributed by atoms with Gasteiger partial charge < -0.3 is 54.7 Å². The monoisotopic (exact) mass is 1950 g/mol. The zero-order valence-electron chi connectivity index (χ0n) is 84.8. The SMILES string of the molecule is CCc1ccccc1.CCc1ccccc1.CCc1ccccc1.CCc1ccccc1.Cc1ccc(C2(c3ccc4cc(O)ccc4c3)c3ccccc3-c3cc(O)ccc32)cc1.Cc1ccc(C2(c3ccc4cc(O)ccc4c3)c3ccccc3-c3cc(O)ccc32)cc1.Cc1ccc(C2(c3ccc4cc(OCCO)ccc4c3)c3ccccc3-c3cc(OCCO)ccc32)cc1.O=C1OCCO1.OCc1ccccc1. The lowest BCUT2D eigenvalue weighted by Crippen LogP contribution is -2.28. The Morgan fingerprint density at radius 3 is 0.777 bits per heavy atom. The van der Waals surface area contributed by atoms with Gasteiger partial charge in [-0.25, -0.2) is 4.79 Å². The Morgan fingerprint density at radius 1 is 0.236 bits per heavy atom. The second-order valence-electron chi connectivity index (χ2n) is 37.0. The largest absolute Gasteiger partial charge is 0.508 e. The summed E-state index contributed by atoms with van der Waals surface area (Å²) in [6.45, 7) is 16.4. The highest BCUT2D eigenvalue weighted by Gasteiger charge is 2.50. The molecule has 3 atom stereocenters. The molecule has 0 saturated carbocycles. The van der Waals surface area contributed by atoms with Gasteiger partial charge in [0.05, 0.1) is 36.1 Å². The van der Waals surface area contributed by atoms with Crippen molar-refractivity contribution >= 4 is 38.5 Å². The lowest BCUT2D eigenvalue weighted by Gasteiger charge is -2.34. The van der Waals surface area contributed by atoms with Crippen LogP contribution in [0.1, 0.15) is 139 Å². The molecule has 20 aromatic rings. The summed E-state index contributed by atoms with van der Waals surface area (Å²) in [6.07, 6.45) is 4.01. The number of aliphatic hydroxyl groups is 3. The van der Waals surface area contributed by atoms with Crippen LogP contribution in [-0.4, -0.2) is 81.5 Å². The maximum Gasteiger partial charge on any atom is 0.508 e. The lowest BCUT2D eigenvalue weighted by molar-refractivity contribution is 0.131. The molecule has 0 radical (unpaired) electrons. The van der Waals surface area contributed by atoms with E-state index in [0.29, 0.717) is 13.2 Å². The number of aromatic hydroxyl groups is 4. The van der Waals surface area contributed by atoms with Crippen molar-refractivity contribution in [3.05, 3.63) is 572 Å². The summed E-state index contributed by atoms with van der Waals surface area (Å²) in [7, 11) is 0. The Morgan fingerprint density at radius 2 is 0.480 bits per heavy atom. The van der Waals surface area contributed by atoms with E-state index in [1.807, 2.05) is 97.1 Å². The Hall–Kier alpha value is -16.9. The zero-order valence-corrected chi connectivity index (χ0v) is 84.8. The fraction of sp³-hybridized carbons (Fsp3) is 0.154. The van der Waals surface area contributed by atoms with Crippen molar-refractivity contribution in [2.45, 2.75) is 97.0 Å². The van der Waals surface area contributed by atoms with Gasteiger partial charge in [0.2, 0.25) is 0 Å². The van der Waals surface area contributed by atoms with Gasteiger partial charge in [-0.15, -0.1) is 0 Å². The minimum absolute atomic E-state index is 0.0123. The van der Waals surface area contributed by atoms with E-state index in [4.69, 9.17) is 19.7 Å². The van der Waals surface area contributed by atoms with Crippen LogP contribution in [0.4, 0.5) is 4.79 Å². The van der Waals surface area contributed by atoms with E-state index in [1.54, 1.807) is 36.4 Å². The summed E-state index contributed by atoms with van der Waals surface area (Å²) in [5, 5.41) is 73.8. The van der Waals surface area contributed by atoms with Gasteiger partial charge in [-0.1, -0.05) is 414 Å². The second-order valence-corrected chi connectivity index (χ2v) is 37.0. The van der Waals surface area contributed by atoms with Crippen molar-refractivity contribution in [1.29, 1.82) is 0 Å². The Balaban J connectivity index is 0.000000130. The fourth-order valence-electron chi connectivity index (χ4n) is 20.2. The third-order valence-electron chi connectivity index (χ3n) is 27.6. The number of carbonyl (C=O) groups excluding carboxylic acids is 1. The molecular formula is C136H126O12. The van der Waals surface area contributed by atoms with Crippen LogP contribution < -0.4 is 9.47 Å². The van der Waals surface area contributed by atoms with Crippen molar-refractivity contribution < 1.29 is 59.5 Å². The van der Waals surface area contributed by atoms with E-state index in [-0.39, 0.29) is 56.0 Å². The van der Waals surface area contributed by atoms with Crippen molar-refractivity contribution in [3.63, 3.8) is 0 Å². The average Bonchev–Trinajstić information content (AvgIpc) is 1.54. The number of cyclic esters (lactones) is 2.